The number of esters is 3. The normalized spacial score (nSPS) is 12.8. The molecule has 6 unspecified atom stereocenters. The summed E-state index contributed by atoms with van der Waals surface area (Å²) in [6.45, 7) is 11.8. The van der Waals surface area contributed by atoms with Gasteiger partial charge in [0.2, 0.25) is 53.2 Å². The first kappa shape index (κ1) is 126. The minimum Gasteiger partial charge on any atom is -0.462 e. The summed E-state index contributed by atoms with van der Waals surface area (Å²) in [5, 5.41) is 31.9. The van der Waals surface area contributed by atoms with Crippen LogP contribution in [0.3, 0.4) is 0 Å². The van der Waals surface area contributed by atoms with Gasteiger partial charge < -0.3 is 119 Å². The molecule has 0 spiro atoms. The highest BCUT2D eigenvalue weighted by atomic mass is 33.1. The molecule has 0 aliphatic rings. The number of hydrogen-bond donors (Lipinski definition) is 19. The van der Waals surface area contributed by atoms with E-state index in [4.69, 9.17) is 60.1 Å². The van der Waals surface area contributed by atoms with Gasteiger partial charge in [-0.25, -0.2) is 0 Å². The van der Waals surface area contributed by atoms with Gasteiger partial charge in [0.1, 0.15) is 19.3 Å². The molecular formula is C92H179N21O15S4. The van der Waals surface area contributed by atoms with Crippen molar-refractivity contribution in [1.29, 1.82) is 0 Å². The van der Waals surface area contributed by atoms with E-state index in [2.05, 4.69) is 96.6 Å². The number of allylic oxidation sites excluding steroid dienone is 4. The molecule has 766 valence electrons. The molecule has 0 rings (SSSR count). The summed E-state index contributed by atoms with van der Waals surface area (Å²) in [6.07, 6.45) is 40.7. The van der Waals surface area contributed by atoms with Gasteiger partial charge in [-0.05, 0) is 148 Å². The van der Waals surface area contributed by atoms with Gasteiger partial charge in [0, 0.05) is 153 Å². The third-order valence-electron chi connectivity index (χ3n) is 21.4. The van der Waals surface area contributed by atoms with Gasteiger partial charge in [-0.15, -0.1) is 0 Å². The first-order valence-electron chi connectivity index (χ1n) is 49.5. The molecule has 6 atom stereocenters. The van der Waals surface area contributed by atoms with Crippen LogP contribution in [0.2, 0.25) is 0 Å². The highest BCUT2D eigenvalue weighted by Gasteiger charge is 2.26. The number of carbonyl (C=O) groups is 12. The summed E-state index contributed by atoms with van der Waals surface area (Å²) >= 11 is 0. The summed E-state index contributed by atoms with van der Waals surface area (Å²) in [6, 6.07) is -3.84. The Labute approximate surface area is 806 Å². The van der Waals surface area contributed by atoms with Crippen LogP contribution in [0.4, 0.5) is 0 Å². The fourth-order valence-corrected chi connectivity index (χ4v) is 17.0. The van der Waals surface area contributed by atoms with Crippen LogP contribution in [0.25, 0.3) is 0 Å². The van der Waals surface area contributed by atoms with Crippen LogP contribution < -0.4 is 104 Å². The maximum Gasteiger partial charge on any atom is 0.306 e. The lowest BCUT2D eigenvalue weighted by molar-refractivity contribution is -0.167. The lowest BCUT2D eigenvalue weighted by atomic mass is 10.1. The zero-order chi connectivity index (χ0) is 97.2. The molecule has 36 nitrogen and oxygen atoms in total. The average Bonchev–Trinajstić information content (AvgIpc) is 0.906. The van der Waals surface area contributed by atoms with Crippen molar-refractivity contribution < 1.29 is 71.7 Å². The Kier molecular flexibility index (Phi) is 88.5. The third-order valence-corrected chi connectivity index (χ3v) is 26.2. The summed E-state index contributed by atoms with van der Waals surface area (Å²) in [4.78, 5) is 160. The molecule has 0 saturated carbocycles. The fourth-order valence-electron chi connectivity index (χ4n) is 13.4. The van der Waals surface area contributed by atoms with Crippen molar-refractivity contribution in [2.75, 3.05) is 180 Å². The summed E-state index contributed by atoms with van der Waals surface area (Å²) < 4.78 is 16.9. The average molecular weight is 1950 g/mol. The number of rotatable bonds is 95. The highest BCUT2D eigenvalue weighted by molar-refractivity contribution is 8.77. The summed E-state index contributed by atoms with van der Waals surface area (Å²) in [5.41, 5.74) is 46.4. The van der Waals surface area contributed by atoms with Gasteiger partial charge in [-0.2, -0.15) is 0 Å². The van der Waals surface area contributed by atoms with E-state index in [0.29, 0.717) is 212 Å². The standard InChI is InChI=1S/C92H179N21O15S4/c1-3-5-7-9-11-13-15-17-19-21-23-25-27-29-31-41-85(118)126-73-75(128-87(120)42-32-30-28-26-24-22-20-18-16-14-12-10-8-6-4-2)74-127-86(119)46-45-82(115)111-80(92(125)110-60-70-132-131-69-59-105-84(117)72-102-52-62-113(65-55-108-90(123)78(99)39-35-49-95)66-56-109-91(124)79(100)40-36-50-96)43-44-81(114)103-57-67-129-130-68-58-104-83(116)71-101-51-61-112(63-53-106-88(121)76(97)37-33-47-93)64-54-107-89(122)77(98)38-34-48-94/h17-20,75-80,101-102H,3-16,21-74,93-100H2,1-2H3,(H,103,114)(H,104,116)(H,105,117)(H,106,121)(H,107,122)(H,108,123)(H,109,124)(H,110,125)(H,111,115)/b19-17-,20-18-. The molecule has 0 aliphatic carbocycles. The zero-order valence-electron chi connectivity index (χ0n) is 80.6. The summed E-state index contributed by atoms with van der Waals surface area (Å²) in [7, 11) is 5.95. The fraction of sp³-hybridized carbons (Fsp3) is 0.826. The monoisotopic (exact) mass is 1950 g/mol. The molecule has 9 amide bonds. The summed E-state index contributed by atoms with van der Waals surface area (Å²) in [5.74, 6) is -2.73. The molecule has 0 aromatic heterocycles. The second kappa shape index (κ2) is 92.7. The Morgan fingerprint density at radius 1 is 0.303 bits per heavy atom. The van der Waals surface area contributed by atoms with E-state index in [1.807, 2.05) is 9.80 Å². The highest BCUT2D eigenvalue weighted by Crippen LogP contribution is 2.21. The number of hydrogen-bond acceptors (Lipinski definition) is 31. The minimum absolute atomic E-state index is 0.0463. The predicted molar refractivity (Wildman–Crippen MR) is 539 cm³/mol. The molecule has 0 radical (unpaired) electrons. The molecule has 132 heavy (non-hydrogen) atoms. The number of carbonyl (C=O) groups excluding carboxylic acids is 12. The Morgan fingerprint density at radius 3 is 0.962 bits per heavy atom. The largest absolute Gasteiger partial charge is 0.462 e. The first-order chi connectivity index (χ1) is 64.0. The number of nitrogens with one attached hydrogen (secondary N) is 11. The molecule has 0 saturated heterocycles. The molecule has 40 heteroatoms. The lowest BCUT2D eigenvalue weighted by Crippen LogP contribution is -2.47. The van der Waals surface area contributed by atoms with E-state index in [0.717, 1.165) is 77.0 Å². The number of unbranched alkanes of at least 4 members (excludes halogenated alkanes) is 22. The number of nitrogens with zero attached hydrogens (tertiary/aromatic N) is 2. The molecule has 0 aromatic rings. The molecule has 0 heterocycles. The Balaban J connectivity index is 5.83. The van der Waals surface area contributed by atoms with Crippen molar-refractivity contribution in [3.8, 4) is 0 Å². The van der Waals surface area contributed by atoms with Crippen molar-refractivity contribution in [3.05, 3.63) is 24.3 Å². The van der Waals surface area contributed by atoms with E-state index < -0.39 is 79.1 Å². The molecule has 0 aliphatic heterocycles. The van der Waals surface area contributed by atoms with Crippen LogP contribution in [0.5, 0.6) is 0 Å². The van der Waals surface area contributed by atoms with Crippen LogP contribution in [0.15, 0.2) is 24.3 Å². The van der Waals surface area contributed by atoms with Crippen LogP contribution in [-0.2, 0) is 71.7 Å². The Bertz CT molecular complexity index is 2960. The molecule has 0 aromatic carbocycles. The van der Waals surface area contributed by atoms with Crippen molar-refractivity contribution in [1.82, 2.24) is 68.3 Å². The van der Waals surface area contributed by atoms with Crippen molar-refractivity contribution in [3.63, 3.8) is 0 Å². The lowest BCUT2D eigenvalue weighted by Gasteiger charge is -2.24. The van der Waals surface area contributed by atoms with Gasteiger partial charge in [-0.3, -0.25) is 67.3 Å². The number of amides is 9. The molecule has 0 fully saturated rings. The second-order valence-corrected chi connectivity index (χ2v) is 38.7. The van der Waals surface area contributed by atoms with E-state index in [-0.39, 0.29) is 99.7 Å². The van der Waals surface area contributed by atoms with Gasteiger partial charge in [0.15, 0.2) is 6.10 Å². The van der Waals surface area contributed by atoms with Crippen molar-refractivity contribution >= 4 is 114 Å². The molecule has 27 N–H and O–H groups in total. The van der Waals surface area contributed by atoms with Crippen molar-refractivity contribution in [2.45, 2.75) is 307 Å². The minimum atomic E-state index is -1.17. The third kappa shape index (κ3) is 81.2. The van der Waals surface area contributed by atoms with Crippen LogP contribution in [0, 0.1) is 0 Å². The number of ether oxygens (including phenoxy) is 3. The number of nitrogens with two attached hydrogens (primary N) is 8. The van der Waals surface area contributed by atoms with Crippen LogP contribution in [-0.4, -0.2) is 297 Å². The van der Waals surface area contributed by atoms with Gasteiger partial charge in [0.25, 0.3) is 0 Å². The topological polar surface area (TPSA) is 579 Å². The van der Waals surface area contributed by atoms with Gasteiger partial charge >= 0.3 is 17.9 Å². The quantitative estimate of drug-likeness (QED) is 0.0127. The maximum atomic E-state index is 13.9. The maximum absolute atomic E-state index is 13.9. The Morgan fingerprint density at radius 2 is 0.606 bits per heavy atom. The van der Waals surface area contributed by atoms with E-state index in [9.17, 15) is 57.5 Å². The van der Waals surface area contributed by atoms with Gasteiger partial charge in [-0.1, -0.05) is 184 Å². The van der Waals surface area contributed by atoms with E-state index in [1.165, 1.54) is 120 Å². The van der Waals surface area contributed by atoms with E-state index in [1.54, 1.807) is 0 Å². The van der Waals surface area contributed by atoms with E-state index >= 15 is 0 Å². The molecular weight excluding hydrogens is 1770 g/mol. The predicted octanol–water partition coefficient (Wildman–Crippen LogP) is 4.85. The van der Waals surface area contributed by atoms with Crippen LogP contribution in [0.1, 0.15) is 271 Å². The SMILES string of the molecule is CCCCCCCC/C=C\CCCCCCCC(=O)OCC(COC(=O)CCC(=O)NC(CCC(=O)NCCSSCCNC(=O)CNCCN(CCNC(=O)C(N)CCCN)CCNC(=O)C(N)CCCN)C(=O)NCCSSCCNC(=O)CNCCN(CCNC(=O)C(N)CCCN)CCNC(=O)C(N)CCCN)OC(=O)CCCCCCC/C=C\CCCCCCCC. The smallest absolute Gasteiger partial charge is 0.306 e. The first-order valence-corrected chi connectivity index (χ1v) is 54.5. The molecule has 0 bridgehead atoms. The van der Waals surface area contributed by atoms with Crippen LogP contribution >= 0.6 is 43.2 Å². The zero-order valence-corrected chi connectivity index (χ0v) is 83.9. The second-order valence-electron chi connectivity index (χ2n) is 33.3. The van der Waals surface area contributed by atoms with Gasteiger partial charge in [0.05, 0.1) is 43.7 Å². The van der Waals surface area contributed by atoms with Crippen molar-refractivity contribution in [2.24, 2.45) is 45.9 Å². The Hall–Kier alpha value is -5.96.